The lowest BCUT2D eigenvalue weighted by Crippen LogP contribution is -2.20. The second kappa shape index (κ2) is 4.90. The average molecular weight is 274 g/mol. The number of fused-ring (bicyclic) bond motifs is 2. The van der Waals surface area contributed by atoms with Crippen molar-refractivity contribution in [3.63, 3.8) is 0 Å². The molecule has 1 aromatic heterocycles. The summed E-state index contributed by atoms with van der Waals surface area (Å²) >= 11 is 0. The highest BCUT2D eigenvalue weighted by atomic mass is 15.2. The van der Waals surface area contributed by atoms with Gasteiger partial charge in [-0.3, -0.25) is 4.57 Å². The molecule has 1 aliphatic carbocycles. The Morgan fingerprint density at radius 2 is 2.05 bits per heavy atom. The summed E-state index contributed by atoms with van der Waals surface area (Å²) in [6, 6.07) is 11.8. The topological polar surface area (TPSA) is 42.2 Å². The van der Waals surface area contributed by atoms with Crippen LogP contribution in [0.4, 0.5) is 11.6 Å². The van der Waals surface area contributed by atoms with E-state index in [0.717, 1.165) is 23.8 Å². The molecule has 0 bridgehead atoms. The van der Waals surface area contributed by atoms with Crippen molar-refractivity contribution >= 4 is 17.8 Å². The summed E-state index contributed by atoms with van der Waals surface area (Å²) in [5.74, 6) is 0.789. The molecule has 2 heterocycles. The van der Waals surface area contributed by atoms with Gasteiger partial charge in [0.2, 0.25) is 5.95 Å². The summed E-state index contributed by atoms with van der Waals surface area (Å²) in [6.45, 7) is 0. The highest BCUT2D eigenvalue weighted by molar-refractivity contribution is 5.62. The molecule has 0 atom stereocenters. The largest absolute Gasteiger partial charge is 0.325 e. The second-order valence-corrected chi connectivity index (χ2v) is 4.96. The van der Waals surface area contributed by atoms with Crippen molar-refractivity contribution in [2.75, 3.05) is 5.32 Å². The Morgan fingerprint density at radius 3 is 2.95 bits per heavy atom. The number of hydrogen-bond acceptors (Lipinski definition) is 3. The third kappa shape index (κ3) is 2.31. The first kappa shape index (κ1) is 11.9. The molecule has 0 unspecified atom stereocenters. The highest BCUT2D eigenvalue weighted by Crippen LogP contribution is 2.26. The Kier molecular flexibility index (Phi) is 2.78. The summed E-state index contributed by atoms with van der Waals surface area (Å²) < 4.78 is 2.00. The number of hydrogen-bond donors (Lipinski definition) is 1. The van der Waals surface area contributed by atoms with E-state index in [0.29, 0.717) is 5.49 Å². The van der Waals surface area contributed by atoms with Crippen LogP contribution in [-0.2, 0) is 0 Å². The molecule has 4 nitrogen and oxygen atoms in total. The molecule has 0 fully saturated rings. The van der Waals surface area contributed by atoms with Crippen LogP contribution < -0.4 is 10.8 Å². The van der Waals surface area contributed by atoms with Crippen molar-refractivity contribution in [1.29, 1.82) is 0 Å². The smallest absolute Gasteiger partial charge is 0.213 e. The van der Waals surface area contributed by atoms with E-state index in [9.17, 15) is 0 Å². The average Bonchev–Trinajstić information content (AvgIpc) is 2.54. The first-order valence-electron chi connectivity index (χ1n) is 6.92. The van der Waals surface area contributed by atoms with E-state index in [1.54, 1.807) is 0 Å². The van der Waals surface area contributed by atoms with Crippen LogP contribution in [0, 0.1) is 0 Å². The van der Waals surface area contributed by atoms with Crippen LogP contribution in [0.25, 0.3) is 6.20 Å². The SMILES string of the molecule is C1=CCC2=Cn3ccc(=Nc4ccccc4)nc3NC2=C1. The number of anilines is 1. The number of nitrogens with zero attached hydrogens (tertiary/aromatic N) is 3. The molecule has 0 radical (unpaired) electrons. The molecule has 102 valence electrons. The monoisotopic (exact) mass is 274 g/mol. The molecule has 4 heteroatoms. The molecule has 21 heavy (non-hydrogen) atoms. The van der Waals surface area contributed by atoms with Gasteiger partial charge in [0.25, 0.3) is 0 Å². The maximum absolute atomic E-state index is 4.58. The van der Waals surface area contributed by atoms with Gasteiger partial charge in [0.1, 0.15) is 0 Å². The van der Waals surface area contributed by atoms with Crippen molar-refractivity contribution in [3.05, 3.63) is 77.6 Å². The predicted octanol–water partition coefficient (Wildman–Crippen LogP) is 3.23. The maximum Gasteiger partial charge on any atom is 0.213 e. The van der Waals surface area contributed by atoms with Gasteiger partial charge in [-0.15, -0.1) is 0 Å². The minimum absolute atomic E-state index is 0.698. The van der Waals surface area contributed by atoms with Crippen molar-refractivity contribution in [2.24, 2.45) is 4.99 Å². The molecule has 2 aromatic rings. The third-order valence-corrected chi connectivity index (χ3v) is 3.47. The van der Waals surface area contributed by atoms with Crippen LogP contribution in [0.15, 0.2) is 77.1 Å². The predicted molar refractivity (Wildman–Crippen MR) is 83.6 cm³/mol. The Hall–Kier alpha value is -2.88. The third-order valence-electron chi connectivity index (χ3n) is 3.47. The van der Waals surface area contributed by atoms with Gasteiger partial charge in [0.05, 0.1) is 5.69 Å². The van der Waals surface area contributed by atoms with Crippen LogP contribution in [0.5, 0.6) is 0 Å². The van der Waals surface area contributed by atoms with Crippen LogP contribution in [0.1, 0.15) is 6.42 Å². The fourth-order valence-electron chi connectivity index (χ4n) is 2.42. The van der Waals surface area contributed by atoms with Gasteiger partial charge in [-0.25, -0.2) is 4.99 Å². The summed E-state index contributed by atoms with van der Waals surface area (Å²) in [4.78, 5) is 9.11. The molecular weight excluding hydrogens is 260 g/mol. The van der Waals surface area contributed by atoms with Crippen molar-refractivity contribution < 1.29 is 0 Å². The zero-order valence-electron chi connectivity index (χ0n) is 11.4. The zero-order valence-corrected chi connectivity index (χ0v) is 11.4. The number of benzene rings is 1. The zero-order chi connectivity index (χ0) is 14.1. The van der Waals surface area contributed by atoms with E-state index in [-0.39, 0.29) is 0 Å². The minimum Gasteiger partial charge on any atom is -0.325 e. The standard InChI is InChI=1S/C17H14N4/c1-2-7-14(8-3-1)18-16-10-11-21-12-13-6-4-5-9-15(13)19-17(21)20-16/h1-5,7-12H,6H2,(H,18,19,20). The fraction of sp³-hybridized carbons (Fsp3) is 0.0588. The van der Waals surface area contributed by atoms with Crippen molar-refractivity contribution in [2.45, 2.75) is 6.42 Å². The number of para-hydroxylation sites is 1. The quantitative estimate of drug-likeness (QED) is 0.867. The van der Waals surface area contributed by atoms with Gasteiger partial charge in [0.15, 0.2) is 5.49 Å². The van der Waals surface area contributed by atoms with E-state index in [1.807, 2.05) is 47.2 Å². The van der Waals surface area contributed by atoms with E-state index in [4.69, 9.17) is 0 Å². The second-order valence-electron chi connectivity index (χ2n) is 4.96. The molecule has 2 aliphatic rings. The van der Waals surface area contributed by atoms with E-state index in [2.05, 4.69) is 39.7 Å². The van der Waals surface area contributed by atoms with Gasteiger partial charge < -0.3 is 5.32 Å². The van der Waals surface area contributed by atoms with Gasteiger partial charge in [-0.05, 0) is 36.3 Å². The number of rotatable bonds is 1. The van der Waals surface area contributed by atoms with E-state index in [1.165, 1.54) is 5.57 Å². The maximum atomic E-state index is 4.58. The normalized spacial score (nSPS) is 16.5. The minimum atomic E-state index is 0.698. The van der Waals surface area contributed by atoms with Crippen LogP contribution in [0.2, 0.25) is 0 Å². The van der Waals surface area contributed by atoms with E-state index < -0.39 is 0 Å². The van der Waals surface area contributed by atoms with Gasteiger partial charge in [-0.1, -0.05) is 30.4 Å². The summed E-state index contributed by atoms with van der Waals surface area (Å²) in [5, 5.41) is 3.36. The molecule has 1 aliphatic heterocycles. The van der Waals surface area contributed by atoms with Crippen LogP contribution in [0.3, 0.4) is 0 Å². The molecular formula is C17H14N4. The Balaban J connectivity index is 1.77. The summed E-state index contributed by atoms with van der Waals surface area (Å²) in [7, 11) is 0. The Morgan fingerprint density at radius 1 is 1.14 bits per heavy atom. The molecule has 0 amide bonds. The van der Waals surface area contributed by atoms with E-state index >= 15 is 0 Å². The highest BCUT2D eigenvalue weighted by Gasteiger charge is 2.15. The molecule has 0 spiro atoms. The molecule has 0 saturated carbocycles. The van der Waals surface area contributed by atoms with Crippen LogP contribution >= 0.6 is 0 Å². The van der Waals surface area contributed by atoms with Crippen molar-refractivity contribution in [3.8, 4) is 0 Å². The van der Waals surface area contributed by atoms with Gasteiger partial charge in [0, 0.05) is 18.1 Å². The summed E-state index contributed by atoms with van der Waals surface area (Å²) in [6.07, 6.45) is 11.3. The molecule has 1 N–H and O–H groups in total. The summed E-state index contributed by atoms with van der Waals surface area (Å²) in [5.41, 5.74) is 3.98. The lowest BCUT2D eigenvalue weighted by molar-refractivity contribution is 0.954. The lowest BCUT2D eigenvalue weighted by atomic mass is 10.0. The Bertz CT molecular complexity index is 839. The molecule has 1 aromatic carbocycles. The number of nitrogens with one attached hydrogen (secondary N) is 1. The fourth-order valence-corrected chi connectivity index (χ4v) is 2.42. The van der Waals surface area contributed by atoms with Crippen molar-refractivity contribution in [1.82, 2.24) is 9.55 Å². The lowest BCUT2D eigenvalue weighted by Gasteiger charge is -2.22. The number of aromatic nitrogens is 2. The van der Waals surface area contributed by atoms with Gasteiger partial charge >= 0.3 is 0 Å². The van der Waals surface area contributed by atoms with Crippen LogP contribution in [-0.4, -0.2) is 9.55 Å². The first-order valence-corrected chi connectivity index (χ1v) is 6.92. The molecule has 0 saturated heterocycles. The first-order chi connectivity index (χ1) is 10.4. The Labute approximate surface area is 122 Å². The molecule has 4 rings (SSSR count). The number of allylic oxidation sites excluding steroid dienone is 4. The van der Waals surface area contributed by atoms with Gasteiger partial charge in [-0.2, -0.15) is 4.98 Å².